The van der Waals surface area contributed by atoms with Gasteiger partial charge in [-0.25, -0.2) is 4.39 Å². The summed E-state index contributed by atoms with van der Waals surface area (Å²) in [5.74, 6) is -0.0885. The van der Waals surface area contributed by atoms with E-state index >= 15 is 0 Å². The molecule has 0 aliphatic heterocycles. The van der Waals surface area contributed by atoms with Gasteiger partial charge in [-0.15, -0.1) is 0 Å². The zero-order valence-corrected chi connectivity index (χ0v) is 9.18. The molecule has 0 radical (unpaired) electrons. The molecule has 1 aromatic carbocycles. The zero-order chi connectivity index (χ0) is 10.6. The van der Waals surface area contributed by atoms with E-state index in [1.807, 2.05) is 26.0 Å². The van der Waals surface area contributed by atoms with Gasteiger partial charge in [0.25, 0.3) is 0 Å². The van der Waals surface area contributed by atoms with E-state index in [-0.39, 0.29) is 11.7 Å². The third-order valence-electron chi connectivity index (χ3n) is 2.22. The molecule has 1 atom stereocenters. The molecule has 0 amide bonds. The molecule has 0 aromatic heterocycles. The number of benzene rings is 1. The van der Waals surface area contributed by atoms with E-state index in [0.717, 1.165) is 6.42 Å². The molecule has 14 heavy (non-hydrogen) atoms. The van der Waals surface area contributed by atoms with Gasteiger partial charge >= 0.3 is 0 Å². The fourth-order valence-electron chi connectivity index (χ4n) is 1.44. The van der Waals surface area contributed by atoms with Gasteiger partial charge in [-0.1, -0.05) is 36.7 Å². The molecule has 1 rings (SSSR count). The fourth-order valence-corrected chi connectivity index (χ4v) is 1.79. The summed E-state index contributed by atoms with van der Waals surface area (Å²) in [4.78, 5) is 0. The predicted molar refractivity (Wildman–Crippen MR) is 59.3 cm³/mol. The van der Waals surface area contributed by atoms with Crippen LogP contribution in [0.3, 0.4) is 0 Å². The van der Waals surface area contributed by atoms with Crippen LogP contribution in [-0.4, -0.2) is 0 Å². The van der Waals surface area contributed by atoms with Gasteiger partial charge in [-0.3, -0.25) is 0 Å². The van der Waals surface area contributed by atoms with Gasteiger partial charge < -0.3 is 0 Å². The van der Waals surface area contributed by atoms with E-state index in [1.165, 1.54) is 6.07 Å². The smallest absolute Gasteiger partial charge is 0.128 e. The monoisotopic (exact) mass is 212 g/mol. The molecule has 0 saturated heterocycles. The lowest BCUT2D eigenvalue weighted by Crippen LogP contribution is -1.97. The van der Waals surface area contributed by atoms with Crippen LogP contribution >= 0.6 is 11.6 Å². The van der Waals surface area contributed by atoms with E-state index in [0.29, 0.717) is 10.6 Å². The summed E-state index contributed by atoms with van der Waals surface area (Å²) in [7, 11) is 0. The third-order valence-corrected chi connectivity index (χ3v) is 2.55. The maximum absolute atomic E-state index is 13.4. The van der Waals surface area contributed by atoms with Crippen LogP contribution in [0.4, 0.5) is 4.39 Å². The predicted octanol–water partition coefficient (Wildman–Crippen LogP) is 4.55. The normalized spacial score (nSPS) is 13.4. The average molecular weight is 213 g/mol. The van der Waals surface area contributed by atoms with Crippen LogP contribution in [0, 0.1) is 5.82 Å². The molecule has 76 valence electrons. The number of halogens is 2. The summed E-state index contributed by atoms with van der Waals surface area (Å²) >= 11 is 5.94. The first-order valence-corrected chi connectivity index (χ1v) is 5.09. The Morgan fingerprint density at radius 2 is 2.21 bits per heavy atom. The summed E-state index contributed by atoms with van der Waals surface area (Å²) < 4.78 is 13.4. The van der Waals surface area contributed by atoms with Crippen LogP contribution in [0.25, 0.3) is 0 Å². The van der Waals surface area contributed by atoms with Crippen molar-refractivity contribution >= 4 is 11.6 Å². The van der Waals surface area contributed by atoms with Crippen LogP contribution in [0.2, 0.25) is 5.02 Å². The highest BCUT2D eigenvalue weighted by atomic mass is 35.5. The van der Waals surface area contributed by atoms with E-state index in [9.17, 15) is 4.39 Å². The van der Waals surface area contributed by atoms with Gasteiger partial charge in [0.2, 0.25) is 0 Å². The third kappa shape index (κ3) is 2.58. The lowest BCUT2D eigenvalue weighted by atomic mass is 9.97. The molecule has 0 bridgehead atoms. The van der Waals surface area contributed by atoms with Gasteiger partial charge in [0.1, 0.15) is 5.82 Å². The van der Waals surface area contributed by atoms with Crippen LogP contribution in [0.5, 0.6) is 0 Å². The molecule has 0 saturated carbocycles. The van der Waals surface area contributed by atoms with Crippen molar-refractivity contribution in [2.24, 2.45) is 0 Å². The maximum atomic E-state index is 13.4. The Labute approximate surface area is 89.4 Å². The number of rotatable bonds is 3. The van der Waals surface area contributed by atoms with Crippen molar-refractivity contribution in [2.75, 3.05) is 0 Å². The van der Waals surface area contributed by atoms with Gasteiger partial charge in [-0.05, 0) is 31.4 Å². The Morgan fingerprint density at radius 1 is 1.50 bits per heavy atom. The second kappa shape index (κ2) is 5.16. The van der Waals surface area contributed by atoms with Crippen molar-refractivity contribution in [2.45, 2.75) is 26.2 Å². The molecule has 0 aliphatic carbocycles. The van der Waals surface area contributed by atoms with Crippen molar-refractivity contribution in [3.63, 3.8) is 0 Å². The summed E-state index contributed by atoms with van der Waals surface area (Å²) in [6.07, 6.45) is 4.80. The standard InChI is InChI=1S/C12H14ClF/c1-3-4-6-9(2)12-10(13)7-5-8-11(12)14/h3-5,7-9H,6H2,1-2H3/b4-3-. The van der Waals surface area contributed by atoms with Crippen molar-refractivity contribution in [1.29, 1.82) is 0 Å². The van der Waals surface area contributed by atoms with E-state index in [2.05, 4.69) is 0 Å². The number of allylic oxidation sites excluding steroid dienone is 2. The summed E-state index contributed by atoms with van der Waals surface area (Å²) in [6.45, 7) is 3.93. The molecular weight excluding hydrogens is 199 g/mol. The van der Waals surface area contributed by atoms with E-state index < -0.39 is 0 Å². The second-order valence-corrected chi connectivity index (χ2v) is 3.75. The summed E-state index contributed by atoms with van der Waals surface area (Å²) in [5, 5.41) is 0.516. The number of hydrogen-bond donors (Lipinski definition) is 0. The highest BCUT2D eigenvalue weighted by Gasteiger charge is 2.12. The first-order chi connectivity index (χ1) is 6.66. The van der Waals surface area contributed by atoms with Gasteiger partial charge in [0, 0.05) is 10.6 Å². The Morgan fingerprint density at radius 3 is 2.79 bits per heavy atom. The molecular formula is C12H14ClF. The molecule has 2 heteroatoms. The van der Waals surface area contributed by atoms with Crippen molar-refractivity contribution in [3.8, 4) is 0 Å². The van der Waals surface area contributed by atoms with Crippen molar-refractivity contribution in [1.82, 2.24) is 0 Å². The Bertz CT molecular complexity index is 311. The highest BCUT2D eigenvalue weighted by Crippen LogP contribution is 2.29. The Balaban J connectivity index is 2.93. The van der Waals surface area contributed by atoms with Crippen LogP contribution < -0.4 is 0 Å². The minimum Gasteiger partial charge on any atom is -0.207 e. The van der Waals surface area contributed by atoms with Gasteiger partial charge in [-0.2, -0.15) is 0 Å². The maximum Gasteiger partial charge on any atom is 0.128 e. The fraction of sp³-hybridized carbons (Fsp3) is 0.333. The minimum absolute atomic E-state index is 0.125. The highest BCUT2D eigenvalue weighted by molar-refractivity contribution is 6.31. The Kier molecular flexibility index (Phi) is 4.15. The largest absolute Gasteiger partial charge is 0.207 e. The average Bonchev–Trinajstić information content (AvgIpc) is 2.14. The van der Waals surface area contributed by atoms with E-state index in [1.54, 1.807) is 12.1 Å². The molecule has 1 unspecified atom stereocenters. The van der Waals surface area contributed by atoms with Crippen LogP contribution in [-0.2, 0) is 0 Å². The lowest BCUT2D eigenvalue weighted by molar-refractivity contribution is 0.590. The van der Waals surface area contributed by atoms with Gasteiger partial charge in [0.05, 0.1) is 0 Å². The first kappa shape index (κ1) is 11.3. The first-order valence-electron chi connectivity index (χ1n) is 4.72. The molecule has 0 nitrogen and oxygen atoms in total. The molecule has 0 spiro atoms. The van der Waals surface area contributed by atoms with Gasteiger partial charge in [0.15, 0.2) is 0 Å². The van der Waals surface area contributed by atoms with Crippen molar-refractivity contribution in [3.05, 3.63) is 46.8 Å². The molecule has 0 aliphatic rings. The minimum atomic E-state index is -0.213. The zero-order valence-electron chi connectivity index (χ0n) is 8.43. The van der Waals surface area contributed by atoms with E-state index in [4.69, 9.17) is 11.6 Å². The summed E-state index contributed by atoms with van der Waals surface area (Å²) in [5.41, 5.74) is 0.618. The second-order valence-electron chi connectivity index (χ2n) is 3.34. The lowest BCUT2D eigenvalue weighted by Gasteiger charge is -2.12. The molecule has 0 fully saturated rings. The quantitative estimate of drug-likeness (QED) is 0.645. The van der Waals surface area contributed by atoms with Crippen LogP contribution in [0.15, 0.2) is 30.4 Å². The Hall–Kier alpha value is -0.820. The van der Waals surface area contributed by atoms with Crippen LogP contribution in [0.1, 0.15) is 31.7 Å². The topological polar surface area (TPSA) is 0 Å². The molecule has 0 N–H and O–H groups in total. The van der Waals surface area contributed by atoms with Crippen molar-refractivity contribution < 1.29 is 4.39 Å². The summed E-state index contributed by atoms with van der Waals surface area (Å²) in [6, 6.07) is 4.81. The number of hydrogen-bond acceptors (Lipinski definition) is 0. The molecule has 0 heterocycles. The SMILES string of the molecule is C/C=C\CC(C)c1c(F)cccc1Cl. The molecule has 1 aromatic rings.